The predicted molar refractivity (Wildman–Crippen MR) is 527 cm³/mol. The van der Waals surface area contributed by atoms with Crippen LogP contribution in [0.5, 0.6) is 5.75 Å². The van der Waals surface area contributed by atoms with E-state index >= 15 is 0 Å². The number of primary amides is 4. The molecule has 1 aliphatic heterocycles. The minimum atomic E-state index is -2.03. The SMILES string of the molecule is CC(C)C[C@H](NC(=O)[C@H](CCCNC(N)=O)NC(=O)[C@@H](NC(=O)[C@H](C)NC(=O)[C@H](CO)NC(=O)[C@H](CO)NC(=O)[C@H](CCCNC(N)=O)NC(=O)[C@@H](NC(=O)[C@H](C)NC(=O)[C@H](Cc1ccc(O)cc1)NC(=O)[C@@H](NC(=O)CN)C(C)C)[C@@H](C)O)C(C)C)C(=O)N[C@@H](CCCNC(N)=O)C(=O)N[C@@H](CO)C(=O)N[C@@H](CO)C(=O)N[C@H](C(=O)N1CCC[C@H]1C(=O)NCC(=O)N[C@H](C(=O)N[C@@H](CCCNC(N)=O)C(=O)O)C(C)C)C(C)C. The summed E-state index contributed by atoms with van der Waals surface area (Å²) < 4.78 is 0. The highest BCUT2D eigenvalue weighted by Gasteiger charge is 2.44. The number of carbonyl (C=O) groups excluding carboxylic acids is 23. The summed E-state index contributed by atoms with van der Waals surface area (Å²) in [7, 11) is 0. The lowest BCUT2D eigenvalue weighted by Gasteiger charge is -2.31. The standard InChI is InChI=1S/C90H152N28O31/c1-41(2)33-55(75(133)103-51(19-14-28-96-87(92)146)72(130)109-59(39-121)78(136)112-60(40-122)79(137)116-67(45(9)10)85(143)118-32-18-23-61(118)80(138)100-36-63(126)114-65(43(5)6)81(139)106-54(86(144)145)22-17-31-99-90(95)149)107-71(129)52(20-15-29-97-88(93)147)104-83(141)66(44(7)8)115-69(127)46(11)102-76(134)57(37-119)111-77(135)58(38-120)110-73(131)53(21-16-30-98-89(94)148)105-84(142)68(48(13)123)117-70(128)47(12)101-74(132)56(34-49-24-26-50(124)27-25-49)108-82(140)64(42(3)4)113-62(125)35-91/h24-27,41-48,51-61,64-68,119-124H,14-23,28-40,91H2,1-13H3,(H,100,138)(H,101,132)(H,102,134)(H,103,133)(H,104,141)(H,105,142)(H,106,139)(H,107,129)(H,108,140)(H,109,130)(H,110,131)(H,111,135)(H,112,136)(H,113,125)(H,114,126)(H,115,127)(H,116,137)(H,117,128)(H,144,145)(H3,92,96,146)(H3,93,97,147)(H3,94,98,148)(H3,95,99,149)/t46-,47-,48+,51-,52-,53-,54-,55-,56-,57-,58-,59-,60-,61-,64-,65-,66-,67-,68-/m0/s1. The van der Waals surface area contributed by atoms with E-state index in [0.29, 0.717) is 5.56 Å². The molecule has 2 rings (SSSR count). The topological polar surface area (TPSA) is 949 Å². The van der Waals surface area contributed by atoms with Crippen molar-refractivity contribution in [3.63, 3.8) is 0 Å². The molecule has 149 heavy (non-hydrogen) atoms. The number of urea groups is 4. The Kier molecular flexibility index (Phi) is 58.1. The second kappa shape index (κ2) is 66.5. The van der Waals surface area contributed by atoms with Crippen molar-refractivity contribution >= 4 is 142 Å². The summed E-state index contributed by atoms with van der Waals surface area (Å²) >= 11 is 0. The zero-order valence-corrected chi connectivity index (χ0v) is 85.7. The van der Waals surface area contributed by atoms with Crippen LogP contribution in [0.2, 0.25) is 0 Å². The van der Waals surface area contributed by atoms with Gasteiger partial charge in [-0.2, -0.15) is 0 Å². The van der Waals surface area contributed by atoms with Gasteiger partial charge in [0.15, 0.2) is 0 Å². The minimum absolute atomic E-state index is 0.0133. The number of carbonyl (C=O) groups is 24. The molecule has 0 bridgehead atoms. The number of rotatable bonds is 67. The Morgan fingerprint density at radius 1 is 0.342 bits per heavy atom. The Morgan fingerprint density at radius 3 is 0.993 bits per heavy atom. The zero-order chi connectivity index (χ0) is 113. The first-order chi connectivity index (χ1) is 69.9. The summed E-state index contributed by atoms with van der Waals surface area (Å²) in [4.78, 5) is 323. The number of amides is 27. The number of likely N-dealkylation sites (tertiary alicyclic amines) is 1. The largest absolute Gasteiger partial charge is 0.508 e. The fraction of sp³-hybridized carbons (Fsp3) is 0.667. The number of hydrogen-bond acceptors (Lipinski definition) is 31. The van der Waals surface area contributed by atoms with E-state index in [0.717, 1.165) is 18.7 Å². The van der Waals surface area contributed by atoms with Crippen LogP contribution in [-0.4, -0.2) is 370 Å². The molecule has 59 heteroatoms. The lowest BCUT2D eigenvalue weighted by molar-refractivity contribution is -0.143. The van der Waals surface area contributed by atoms with Gasteiger partial charge in [0.2, 0.25) is 112 Å². The molecule has 27 amide bonds. The molecule has 0 radical (unpaired) electrons. The molecular formula is C90H152N28O31. The van der Waals surface area contributed by atoms with Crippen LogP contribution < -0.4 is 146 Å². The predicted octanol–water partition coefficient (Wildman–Crippen LogP) is -12.8. The molecule has 1 heterocycles. The van der Waals surface area contributed by atoms with E-state index in [1.54, 1.807) is 41.5 Å². The number of aliphatic hydroxyl groups excluding tert-OH is 5. The summed E-state index contributed by atoms with van der Waals surface area (Å²) in [5.74, 6) is -24.8. The molecule has 0 aliphatic carbocycles. The number of hydrogen-bond donors (Lipinski definition) is 34. The number of carboxylic acids is 1. The number of phenols is 1. The van der Waals surface area contributed by atoms with Gasteiger partial charge < -0.3 is 186 Å². The maximum absolute atomic E-state index is 14.6. The Morgan fingerprint density at radius 2 is 0.638 bits per heavy atom. The lowest BCUT2D eigenvalue weighted by atomic mass is 10.00. The lowest BCUT2D eigenvalue weighted by Crippen LogP contribution is -2.62. The van der Waals surface area contributed by atoms with Gasteiger partial charge in [-0.3, -0.25) is 91.1 Å². The average Bonchev–Trinajstić information content (AvgIpc) is 1.69. The number of aliphatic carboxylic acids is 1. The molecule has 1 aromatic rings. The van der Waals surface area contributed by atoms with E-state index in [1.807, 2.05) is 0 Å². The molecule has 59 nitrogen and oxygen atoms in total. The fourth-order valence-corrected chi connectivity index (χ4v) is 14.7. The summed E-state index contributed by atoms with van der Waals surface area (Å²) in [6.45, 7) is 12.2. The van der Waals surface area contributed by atoms with Crippen molar-refractivity contribution in [1.82, 2.24) is 122 Å². The van der Waals surface area contributed by atoms with Crippen LogP contribution in [0, 0.1) is 29.6 Å². The van der Waals surface area contributed by atoms with Gasteiger partial charge in [-0.05, 0) is 139 Å². The highest BCUT2D eigenvalue weighted by atomic mass is 16.4. The van der Waals surface area contributed by atoms with Crippen molar-refractivity contribution in [2.45, 2.75) is 282 Å². The van der Waals surface area contributed by atoms with Gasteiger partial charge in [-0.1, -0.05) is 81.4 Å². The monoisotopic (exact) mass is 2120 g/mol. The molecule has 1 aromatic carbocycles. The maximum atomic E-state index is 14.6. The smallest absolute Gasteiger partial charge is 0.326 e. The molecule has 0 saturated carbocycles. The summed E-state index contributed by atoms with van der Waals surface area (Å²) in [5, 5.41) is 124. The molecule has 1 fully saturated rings. The van der Waals surface area contributed by atoms with Gasteiger partial charge in [0, 0.05) is 39.1 Å². The van der Waals surface area contributed by atoms with Crippen LogP contribution in [0.3, 0.4) is 0 Å². The number of carboxylic acid groups (broad SMARTS) is 1. The second-order valence-corrected chi connectivity index (χ2v) is 37.3. The molecular weight excluding hydrogens is 1970 g/mol. The highest BCUT2D eigenvalue weighted by Crippen LogP contribution is 2.22. The van der Waals surface area contributed by atoms with Gasteiger partial charge in [0.1, 0.15) is 115 Å². The number of nitrogens with zero attached hydrogens (tertiary/aromatic N) is 1. The van der Waals surface area contributed by atoms with Crippen molar-refractivity contribution in [1.29, 1.82) is 0 Å². The Balaban J connectivity index is 2.37. The van der Waals surface area contributed by atoms with Gasteiger partial charge in [-0.15, -0.1) is 0 Å². The van der Waals surface area contributed by atoms with E-state index in [2.05, 4.69) is 117 Å². The third kappa shape index (κ3) is 47.3. The molecule has 19 atom stereocenters. The molecule has 39 N–H and O–H groups in total. The van der Waals surface area contributed by atoms with Gasteiger partial charge in [0.05, 0.1) is 45.6 Å². The molecule has 0 unspecified atom stereocenters. The van der Waals surface area contributed by atoms with Gasteiger partial charge in [-0.25, -0.2) is 24.0 Å². The van der Waals surface area contributed by atoms with Crippen LogP contribution in [0.15, 0.2) is 24.3 Å². The molecule has 838 valence electrons. The zero-order valence-electron chi connectivity index (χ0n) is 85.7. The van der Waals surface area contributed by atoms with E-state index in [1.165, 1.54) is 58.9 Å². The van der Waals surface area contributed by atoms with Crippen LogP contribution in [0.4, 0.5) is 19.2 Å². The molecule has 0 spiro atoms. The highest BCUT2D eigenvalue weighted by molar-refractivity contribution is 6.02. The Bertz CT molecular complexity index is 4720. The summed E-state index contributed by atoms with van der Waals surface area (Å²) in [6, 6.07) is -27.7. The molecule has 0 aromatic heterocycles. The Labute approximate surface area is 859 Å². The van der Waals surface area contributed by atoms with Crippen molar-refractivity contribution in [3.8, 4) is 5.75 Å². The van der Waals surface area contributed by atoms with E-state index < -0.39 is 333 Å². The van der Waals surface area contributed by atoms with E-state index in [9.17, 15) is 151 Å². The van der Waals surface area contributed by atoms with Gasteiger partial charge >= 0.3 is 30.1 Å². The van der Waals surface area contributed by atoms with Crippen molar-refractivity contribution in [2.75, 3.05) is 72.2 Å². The molecule has 1 aliphatic rings. The first-order valence-corrected chi connectivity index (χ1v) is 48.6. The first-order valence-electron chi connectivity index (χ1n) is 48.6. The Hall–Kier alpha value is -14.7. The van der Waals surface area contributed by atoms with Crippen molar-refractivity contribution < 1.29 is 151 Å². The number of benzene rings is 1. The van der Waals surface area contributed by atoms with E-state index in [-0.39, 0.29) is 109 Å². The van der Waals surface area contributed by atoms with E-state index in [4.69, 9.17) is 28.7 Å². The fourth-order valence-electron chi connectivity index (χ4n) is 14.7. The van der Waals surface area contributed by atoms with Crippen molar-refractivity contribution in [2.24, 2.45) is 58.3 Å². The second-order valence-electron chi connectivity index (χ2n) is 37.3. The minimum Gasteiger partial charge on any atom is -0.508 e. The molecule has 1 saturated heterocycles. The van der Waals surface area contributed by atoms with Crippen LogP contribution >= 0.6 is 0 Å². The van der Waals surface area contributed by atoms with Crippen LogP contribution in [0.1, 0.15) is 166 Å². The number of nitrogens with two attached hydrogens (primary N) is 5. The van der Waals surface area contributed by atoms with Crippen LogP contribution in [-0.2, 0) is 102 Å². The van der Waals surface area contributed by atoms with Crippen LogP contribution in [0.25, 0.3) is 0 Å². The number of nitrogens with one attached hydrogen (secondary N) is 22. The normalized spacial score (nSPS) is 15.8. The maximum Gasteiger partial charge on any atom is 0.326 e. The summed E-state index contributed by atoms with van der Waals surface area (Å²) in [6.07, 6.45) is -3.37. The third-order valence-electron chi connectivity index (χ3n) is 23.0. The number of aromatic hydroxyl groups is 1. The quantitative estimate of drug-likeness (QED) is 0.0269. The first kappa shape index (κ1) is 130. The van der Waals surface area contributed by atoms with Crippen molar-refractivity contribution in [3.05, 3.63) is 29.8 Å². The summed E-state index contributed by atoms with van der Waals surface area (Å²) in [5.41, 5.74) is 26.7. The average molecular weight is 2120 g/mol. The number of phenolic OH excluding ortho intramolecular Hbond substituents is 1. The third-order valence-corrected chi connectivity index (χ3v) is 23.0. The number of aliphatic hydroxyl groups is 5. The van der Waals surface area contributed by atoms with Gasteiger partial charge in [0.25, 0.3) is 0 Å².